The maximum Gasteiger partial charge on any atom is 0.141 e. The highest BCUT2D eigenvalue weighted by Gasteiger charge is 1.99. The lowest BCUT2D eigenvalue weighted by atomic mass is 10.1. The minimum Gasteiger partial charge on any atom is -0.399 e. The summed E-state index contributed by atoms with van der Waals surface area (Å²) in [5.41, 5.74) is 8.39. The van der Waals surface area contributed by atoms with Gasteiger partial charge >= 0.3 is 0 Å². The number of benzene rings is 1. The molecular weight excluding hydrogens is 231 g/mol. The van der Waals surface area contributed by atoms with Crippen LogP contribution in [0, 0.1) is 5.82 Å². The lowest BCUT2D eigenvalue weighted by Crippen LogP contribution is -2.02. The average Bonchev–Trinajstić information content (AvgIpc) is 2.37. The fraction of sp³-hybridized carbons (Fsp3) is 0.214. The molecule has 1 aromatic carbocycles. The van der Waals surface area contributed by atoms with Crippen molar-refractivity contribution in [3.05, 3.63) is 59.7 Å². The topological polar surface area (TPSA) is 48.1 Å². The highest BCUT2D eigenvalue weighted by atomic mass is 19.1. The SMILES string of the molecule is Nc1ccccc1CCOCc1cncc(F)c1. The molecule has 0 fully saturated rings. The van der Waals surface area contributed by atoms with E-state index in [2.05, 4.69) is 4.98 Å². The third kappa shape index (κ3) is 3.53. The van der Waals surface area contributed by atoms with Crippen molar-refractivity contribution in [3.8, 4) is 0 Å². The van der Waals surface area contributed by atoms with Gasteiger partial charge in [-0.05, 0) is 29.7 Å². The van der Waals surface area contributed by atoms with Crippen LogP contribution in [0.25, 0.3) is 0 Å². The van der Waals surface area contributed by atoms with E-state index < -0.39 is 0 Å². The molecule has 0 spiro atoms. The van der Waals surface area contributed by atoms with Gasteiger partial charge in [-0.1, -0.05) is 18.2 Å². The van der Waals surface area contributed by atoms with Crippen LogP contribution in [-0.4, -0.2) is 11.6 Å². The molecule has 1 aromatic heterocycles. The summed E-state index contributed by atoms with van der Waals surface area (Å²) in [5.74, 6) is -0.344. The predicted molar refractivity (Wildman–Crippen MR) is 68.4 cm³/mol. The van der Waals surface area contributed by atoms with Crippen molar-refractivity contribution in [1.29, 1.82) is 0 Å². The molecule has 94 valence electrons. The van der Waals surface area contributed by atoms with Gasteiger partial charge in [-0.25, -0.2) is 4.39 Å². The summed E-state index contributed by atoms with van der Waals surface area (Å²) in [6.45, 7) is 0.905. The molecule has 0 bridgehead atoms. The number of hydrogen-bond donors (Lipinski definition) is 1. The quantitative estimate of drug-likeness (QED) is 0.651. The summed E-state index contributed by atoms with van der Waals surface area (Å²) in [6, 6.07) is 9.11. The van der Waals surface area contributed by atoms with Crippen molar-refractivity contribution in [2.75, 3.05) is 12.3 Å². The van der Waals surface area contributed by atoms with Crippen molar-refractivity contribution in [3.63, 3.8) is 0 Å². The molecular formula is C14H15FN2O. The fourth-order valence-electron chi connectivity index (χ4n) is 1.67. The molecule has 1 heterocycles. The summed E-state index contributed by atoms with van der Waals surface area (Å²) in [6.07, 6.45) is 3.52. The normalized spacial score (nSPS) is 10.5. The van der Waals surface area contributed by atoms with E-state index in [1.807, 2.05) is 24.3 Å². The van der Waals surface area contributed by atoms with Gasteiger partial charge in [0, 0.05) is 11.9 Å². The van der Waals surface area contributed by atoms with E-state index >= 15 is 0 Å². The number of rotatable bonds is 5. The molecule has 4 heteroatoms. The Balaban J connectivity index is 1.78. The highest BCUT2D eigenvalue weighted by molar-refractivity contribution is 5.46. The van der Waals surface area contributed by atoms with Crippen LogP contribution < -0.4 is 5.73 Å². The summed E-state index contributed by atoms with van der Waals surface area (Å²) >= 11 is 0. The molecule has 0 unspecified atom stereocenters. The Morgan fingerprint density at radius 2 is 2.06 bits per heavy atom. The van der Waals surface area contributed by atoms with Crippen LogP contribution >= 0.6 is 0 Å². The van der Waals surface area contributed by atoms with Crippen molar-refractivity contribution in [2.24, 2.45) is 0 Å². The first-order valence-corrected chi connectivity index (χ1v) is 5.76. The molecule has 0 amide bonds. The Morgan fingerprint density at radius 1 is 1.22 bits per heavy atom. The number of pyridine rings is 1. The molecule has 3 nitrogen and oxygen atoms in total. The van der Waals surface area contributed by atoms with Crippen LogP contribution in [0.15, 0.2) is 42.7 Å². The van der Waals surface area contributed by atoms with E-state index in [0.717, 1.165) is 23.2 Å². The monoisotopic (exact) mass is 246 g/mol. The van der Waals surface area contributed by atoms with Crippen molar-refractivity contribution >= 4 is 5.69 Å². The second-order valence-electron chi connectivity index (χ2n) is 4.01. The molecule has 0 saturated carbocycles. The smallest absolute Gasteiger partial charge is 0.141 e. The van der Waals surface area contributed by atoms with E-state index in [0.29, 0.717) is 13.2 Å². The van der Waals surface area contributed by atoms with E-state index in [9.17, 15) is 4.39 Å². The molecule has 0 saturated heterocycles. The second kappa shape index (κ2) is 6.12. The summed E-state index contributed by atoms with van der Waals surface area (Å²) in [5, 5.41) is 0. The lowest BCUT2D eigenvalue weighted by molar-refractivity contribution is 0.123. The van der Waals surface area contributed by atoms with Crippen LogP contribution in [0.5, 0.6) is 0 Å². The molecule has 0 aliphatic carbocycles. The zero-order valence-electron chi connectivity index (χ0n) is 9.97. The van der Waals surface area contributed by atoms with Crippen LogP contribution in [0.3, 0.4) is 0 Å². The van der Waals surface area contributed by atoms with Crippen molar-refractivity contribution in [1.82, 2.24) is 4.98 Å². The maximum atomic E-state index is 12.9. The third-order valence-electron chi connectivity index (χ3n) is 2.60. The Bertz CT molecular complexity index is 517. The van der Waals surface area contributed by atoms with Crippen LogP contribution in [0.2, 0.25) is 0 Å². The Kier molecular flexibility index (Phi) is 4.25. The average molecular weight is 246 g/mol. The third-order valence-corrected chi connectivity index (χ3v) is 2.60. The number of hydrogen-bond acceptors (Lipinski definition) is 3. The van der Waals surface area contributed by atoms with Crippen molar-refractivity contribution in [2.45, 2.75) is 13.0 Å². The molecule has 2 N–H and O–H groups in total. The summed E-state index contributed by atoms with van der Waals surface area (Å²) in [7, 11) is 0. The number of aromatic nitrogens is 1. The number of nitrogens with zero attached hydrogens (tertiary/aromatic N) is 1. The van der Waals surface area contributed by atoms with Gasteiger partial charge in [-0.3, -0.25) is 4.98 Å². The van der Waals surface area contributed by atoms with E-state index in [4.69, 9.17) is 10.5 Å². The van der Waals surface area contributed by atoms with Gasteiger partial charge in [-0.2, -0.15) is 0 Å². The Hall–Kier alpha value is -1.94. The first kappa shape index (κ1) is 12.5. The van der Waals surface area contributed by atoms with Crippen molar-refractivity contribution < 1.29 is 9.13 Å². The summed E-state index contributed by atoms with van der Waals surface area (Å²) < 4.78 is 18.3. The number of para-hydroxylation sites is 1. The van der Waals surface area contributed by atoms with Gasteiger partial charge in [0.2, 0.25) is 0 Å². The highest BCUT2D eigenvalue weighted by Crippen LogP contribution is 2.11. The number of nitrogen functional groups attached to an aromatic ring is 1. The van der Waals surface area contributed by atoms with Gasteiger partial charge in [-0.15, -0.1) is 0 Å². The lowest BCUT2D eigenvalue weighted by Gasteiger charge is -2.06. The zero-order valence-corrected chi connectivity index (χ0v) is 9.97. The summed E-state index contributed by atoms with van der Waals surface area (Å²) in [4.78, 5) is 3.76. The Morgan fingerprint density at radius 3 is 2.83 bits per heavy atom. The van der Waals surface area contributed by atoms with Gasteiger partial charge in [0.05, 0.1) is 19.4 Å². The van der Waals surface area contributed by atoms with Crippen LogP contribution in [-0.2, 0) is 17.8 Å². The molecule has 18 heavy (non-hydrogen) atoms. The van der Waals surface area contributed by atoms with Gasteiger partial charge < -0.3 is 10.5 Å². The predicted octanol–water partition coefficient (Wildman–Crippen LogP) is 2.56. The second-order valence-corrected chi connectivity index (χ2v) is 4.01. The van der Waals surface area contributed by atoms with E-state index in [1.165, 1.54) is 12.3 Å². The molecule has 0 radical (unpaired) electrons. The first-order valence-electron chi connectivity index (χ1n) is 5.76. The molecule has 2 rings (SSSR count). The molecule has 2 aromatic rings. The van der Waals surface area contributed by atoms with E-state index in [1.54, 1.807) is 6.20 Å². The zero-order chi connectivity index (χ0) is 12.8. The minimum absolute atomic E-state index is 0.344. The molecule has 0 aliphatic rings. The Labute approximate surface area is 105 Å². The number of nitrogens with two attached hydrogens (primary N) is 1. The molecule has 0 aliphatic heterocycles. The first-order chi connectivity index (χ1) is 8.75. The number of anilines is 1. The molecule has 0 atom stereocenters. The van der Waals surface area contributed by atoms with Crippen LogP contribution in [0.4, 0.5) is 10.1 Å². The van der Waals surface area contributed by atoms with Gasteiger partial charge in [0.25, 0.3) is 0 Å². The van der Waals surface area contributed by atoms with Crippen LogP contribution in [0.1, 0.15) is 11.1 Å². The van der Waals surface area contributed by atoms with E-state index in [-0.39, 0.29) is 5.82 Å². The number of halogens is 1. The van der Waals surface area contributed by atoms with Gasteiger partial charge in [0.1, 0.15) is 5.82 Å². The fourth-order valence-corrected chi connectivity index (χ4v) is 1.67. The maximum absolute atomic E-state index is 12.9. The standard InChI is InChI=1S/C14H15FN2O/c15-13-7-11(8-17-9-13)10-18-6-5-12-3-1-2-4-14(12)16/h1-4,7-9H,5-6,10,16H2. The van der Waals surface area contributed by atoms with Gasteiger partial charge in [0.15, 0.2) is 0 Å². The number of ether oxygens (including phenoxy) is 1. The minimum atomic E-state index is -0.344. The largest absolute Gasteiger partial charge is 0.399 e.